The highest BCUT2D eigenvalue weighted by molar-refractivity contribution is 5.47. The van der Waals surface area contributed by atoms with Crippen LogP contribution in [-0.2, 0) is 11.3 Å². The Kier molecular flexibility index (Phi) is 7.55. The van der Waals surface area contributed by atoms with Gasteiger partial charge in [-0.1, -0.05) is 13.8 Å². The number of anilines is 1. The van der Waals surface area contributed by atoms with E-state index in [1.807, 2.05) is 6.20 Å². The molecule has 0 spiro atoms. The number of rotatable bonds is 9. The summed E-state index contributed by atoms with van der Waals surface area (Å²) in [4.78, 5) is 6.95. The molecule has 0 aliphatic rings. The van der Waals surface area contributed by atoms with Crippen LogP contribution in [0.25, 0.3) is 0 Å². The van der Waals surface area contributed by atoms with E-state index in [1.54, 1.807) is 7.11 Å². The third kappa shape index (κ3) is 4.76. The van der Waals surface area contributed by atoms with Crippen LogP contribution in [0, 0.1) is 6.92 Å². The van der Waals surface area contributed by atoms with E-state index in [0.717, 1.165) is 38.4 Å². The lowest BCUT2D eigenvalue weighted by Gasteiger charge is -2.28. The average molecular weight is 279 g/mol. The first-order valence-corrected chi connectivity index (χ1v) is 7.52. The van der Waals surface area contributed by atoms with E-state index < -0.39 is 0 Å². The molecule has 0 fully saturated rings. The molecule has 0 saturated heterocycles. The Morgan fingerprint density at radius 3 is 2.60 bits per heavy atom. The molecule has 0 radical (unpaired) electrons. The van der Waals surface area contributed by atoms with E-state index >= 15 is 0 Å². The molecule has 0 bridgehead atoms. The maximum absolute atomic E-state index is 5.02. The van der Waals surface area contributed by atoms with Crippen LogP contribution in [0.3, 0.4) is 0 Å². The lowest BCUT2D eigenvalue weighted by molar-refractivity contribution is 0.199. The van der Waals surface area contributed by atoms with E-state index in [-0.39, 0.29) is 0 Å². The molecule has 1 aromatic rings. The van der Waals surface area contributed by atoms with Gasteiger partial charge in [0.2, 0.25) is 0 Å². The van der Waals surface area contributed by atoms with Crippen LogP contribution in [0.4, 0.5) is 5.82 Å². The Labute approximate surface area is 123 Å². The van der Waals surface area contributed by atoms with Crippen molar-refractivity contribution in [2.75, 3.05) is 32.2 Å². The lowest BCUT2D eigenvalue weighted by atomic mass is 10.1. The van der Waals surface area contributed by atoms with E-state index in [2.05, 4.69) is 49.1 Å². The van der Waals surface area contributed by atoms with Gasteiger partial charge in [0.05, 0.1) is 6.61 Å². The molecule has 0 aliphatic heterocycles. The van der Waals surface area contributed by atoms with Gasteiger partial charge in [-0.05, 0) is 37.0 Å². The predicted molar refractivity (Wildman–Crippen MR) is 85.3 cm³/mol. The molecule has 1 aromatic heterocycles. The summed E-state index contributed by atoms with van der Waals surface area (Å²) in [5.41, 5.74) is 2.46. The van der Waals surface area contributed by atoms with Crippen molar-refractivity contribution in [1.29, 1.82) is 0 Å². The van der Waals surface area contributed by atoms with Crippen LogP contribution in [0.5, 0.6) is 0 Å². The van der Waals surface area contributed by atoms with E-state index in [4.69, 9.17) is 4.74 Å². The second-order valence-corrected chi connectivity index (χ2v) is 5.23. The summed E-state index contributed by atoms with van der Waals surface area (Å²) in [6.07, 6.45) is 4.27. The number of aromatic nitrogens is 1. The van der Waals surface area contributed by atoms with Crippen LogP contribution in [-0.4, -0.2) is 38.3 Å². The topological polar surface area (TPSA) is 37.4 Å². The number of aryl methyl sites for hydroxylation is 1. The quantitative estimate of drug-likeness (QED) is 0.705. The average Bonchev–Trinajstić information content (AvgIpc) is 2.45. The number of ether oxygens (including phenoxy) is 1. The number of nitrogens with one attached hydrogen (secondary N) is 1. The second-order valence-electron chi connectivity index (χ2n) is 5.23. The molecule has 1 heterocycles. The minimum atomic E-state index is 0.562. The molecule has 0 amide bonds. The Balaban J connectivity index is 2.67. The zero-order valence-electron chi connectivity index (χ0n) is 13.6. The smallest absolute Gasteiger partial charge is 0.131 e. The molecule has 0 aromatic carbocycles. The van der Waals surface area contributed by atoms with Gasteiger partial charge in [-0.15, -0.1) is 0 Å². The summed E-state index contributed by atoms with van der Waals surface area (Å²) >= 11 is 0. The maximum atomic E-state index is 5.02. The summed E-state index contributed by atoms with van der Waals surface area (Å²) in [6, 6.07) is 2.79. The molecule has 1 N–H and O–H groups in total. The van der Waals surface area contributed by atoms with Gasteiger partial charge in [-0.2, -0.15) is 0 Å². The summed E-state index contributed by atoms with van der Waals surface area (Å²) < 4.78 is 5.02. The summed E-state index contributed by atoms with van der Waals surface area (Å²) in [5.74, 6) is 1.10. The molecule has 20 heavy (non-hydrogen) atoms. The Hall–Kier alpha value is -1.13. The van der Waals surface area contributed by atoms with Gasteiger partial charge in [0.25, 0.3) is 0 Å². The molecule has 0 saturated carbocycles. The molecular weight excluding hydrogens is 250 g/mol. The largest absolute Gasteiger partial charge is 0.383 e. The second kappa shape index (κ2) is 8.93. The van der Waals surface area contributed by atoms with E-state index in [0.29, 0.717) is 6.04 Å². The maximum Gasteiger partial charge on any atom is 0.131 e. The minimum Gasteiger partial charge on any atom is -0.383 e. The van der Waals surface area contributed by atoms with Crippen molar-refractivity contribution in [2.24, 2.45) is 0 Å². The standard InChI is InChI=1S/C16H29N3O/c1-6-15(7-2)19(4)16-13(3)10-14(12-18-16)11-17-8-9-20-5/h10,12,15,17H,6-9,11H2,1-5H3. The highest BCUT2D eigenvalue weighted by atomic mass is 16.5. The molecular formula is C16H29N3O. The van der Waals surface area contributed by atoms with Crippen molar-refractivity contribution in [3.8, 4) is 0 Å². The summed E-state index contributed by atoms with van der Waals surface area (Å²) in [6.45, 7) is 9.04. The molecule has 114 valence electrons. The summed E-state index contributed by atoms with van der Waals surface area (Å²) in [5, 5.41) is 3.35. The first-order chi connectivity index (χ1) is 9.63. The third-order valence-corrected chi connectivity index (χ3v) is 3.74. The fourth-order valence-corrected chi connectivity index (χ4v) is 2.51. The number of hydrogen-bond donors (Lipinski definition) is 1. The highest BCUT2D eigenvalue weighted by Crippen LogP contribution is 2.21. The number of pyridine rings is 1. The molecule has 4 nitrogen and oxygen atoms in total. The summed E-state index contributed by atoms with van der Waals surface area (Å²) in [7, 11) is 3.86. The fourth-order valence-electron chi connectivity index (χ4n) is 2.51. The van der Waals surface area contributed by atoms with E-state index in [9.17, 15) is 0 Å². The molecule has 0 atom stereocenters. The first kappa shape index (κ1) is 16.9. The highest BCUT2D eigenvalue weighted by Gasteiger charge is 2.14. The van der Waals surface area contributed by atoms with Crippen LogP contribution in [0.2, 0.25) is 0 Å². The number of methoxy groups -OCH3 is 1. The van der Waals surface area contributed by atoms with Gasteiger partial charge in [0.15, 0.2) is 0 Å². The van der Waals surface area contributed by atoms with Crippen molar-refractivity contribution in [3.63, 3.8) is 0 Å². The molecule has 1 rings (SSSR count). The SMILES string of the molecule is CCC(CC)N(C)c1ncc(CNCCOC)cc1C. The van der Waals surface area contributed by atoms with Crippen molar-refractivity contribution in [2.45, 2.75) is 46.2 Å². The van der Waals surface area contributed by atoms with Crippen LogP contribution < -0.4 is 10.2 Å². The van der Waals surface area contributed by atoms with Crippen molar-refractivity contribution in [1.82, 2.24) is 10.3 Å². The van der Waals surface area contributed by atoms with Crippen LogP contribution >= 0.6 is 0 Å². The minimum absolute atomic E-state index is 0.562. The van der Waals surface area contributed by atoms with Crippen LogP contribution in [0.15, 0.2) is 12.3 Å². The zero-order valence-corrected chi connectivity index (χ0v) is 13.6. The van der Waals surface area contributed by atoms with Crippen molar-refractivity contribution < 1.29 is 4.74 Å². The molecule has 0 aliphatic carbocycles. The van der Waals surface area contributed by atoms with Crippen molar-refractivity contribution in [3.05, 3.63) is 23.4 Å². The zero-order chi connectivity index (χ0) is 15.0. The first-order valence-electron chi connectivity index (χ1n) is 7.52. The Morgan fingerprint density at radius 2 is 2.05 bits per heavy atom. The number of hydrogen-bond acceptors (Lipinski definition) is 4. The lowest BCUT2D eigenvalue weighted by Crippen LogP contribution is -2.31. The molecule has 0 unspecified atom stereocenters. The van der Waals surface area contributed by atoms with Gasteiger partial charge in [-0.3, -0.25) is 0 Å². The van der Waals surface area contributed by atoms with Crippen molar-refractivity contribution >= 4 is 5.82 Å². The predicted octanol–water partition coefficient (Wildman–Crippen LogP) is 2.75. The Bertz CT molecular complexity index is 391. The normalized spacial score (nSPS) is 11.1. The third-order valence-electron chi connectivity index (χ3n) is 3.74. The monoisotopic (exact) mass is 279 g/mol. The van der Waals surface area contributed by atoms with Gasteiger partial charge in [0, 0.05) is 39.5 Å². The van der Waals surface area contributed by atoms with Gasteiger partial charge in [-0.25, -0.2) is 4.98 Å². The molecule has 4 heteroatoms. The fraction of sp³-hybridized carbons (Fsp3) is 0.688. The Morgan fingerprint density at radius 1 is 1.35 bits per heavy atom. The van der Waals surface area contributed by atoms with Gasteiger partial charge in [0.1, 0.15) is 5.82 Å². The number of nitrogens with zero attached hydrogens (tertiary/aromatic N) is 2. The van der Waals surface area contributed by atoms with Gasteiger partial charge < -0.3 is 15.0 Å². The van der Waals surface area contributed by atoms with E-state index in [1.165, 1.54) is 11.1 Å². The van der Waals surface area contributed by atoms with Gasteiger partial charge >= 0.3 is 0 Å². The van der Waals surface area contributed by atoms with Crippen LogP contribution in [0.1, 0.15) is 37.8 Å².